The van der Waals surface area contributed by atoms with E-state index in [9.17, 15) is 0 Å². The molecular weight excluding hydrogens is 304 g/mol. The number of aliphatic imine (C=N–C) groups is 1. The van der Waals surface area contributed by atoms with Gasteiger partial charge in [-0.15, -0.1) is 12.4 Å². The van der Waals surface area contributed by atoms with E-state index in [0.29, 0.717) is 0 Å². The normalized spacial score (nSPS) is 22.7. The van der Waals surface area contributed by atoms with E-state index in [-0.39, 0.29) is 18.4 Å². The van der Waals surface area contributed by atoms with E-state index in [0.717, 1.165) is 18.9 Å². The molecule has 1 heterocycles. The molecule has 0 amide bonds. The highest BCUT2D eigenvalue weighted by Gasteiger charge is 2.16. The van der Waals surface area contributed by atoms with Gasteiger partial charge < -0.3 is 5.32 Å². The van der Waals surface area contributed by atoms with Crippen molar-refractivity contribution >= 4 is 18.2 Å². The van der Waals surface area contributed by atoms with Gasteiger partial charge in [-0.3, -0.25) is 4.99 Å². The lowest BCUT2D eigenvalue weighted by molar-refractivity contribution is 0.443. The van der Waals surface area contributed by atoms with E-state index in [1.165, 1.54) is 68.3 Å². The zero-order valence-corrected chi connectivity index (χ0v) is 15.2. The minimum absolute atomic E-state index is 0. The van der Waals surface area contributed by atoms with Gasteiger partial charge in [-0.1, -0.05) is 49.9 Å². The lowest BCUT2D eigenvalue weighted by atomic mass is 9.84. The van der Waals surface area contributed by atoms with Gasteiger partial charge in [0.15, 0.2) is 0 Å². The van der Waals surface area contributed by atoms with E-state index in [1.807, 2.05) is 0 Å². The van der Waals surface area contributed by atoms with Gasteiger partial charge in [-0.2, -0.15) is 0 Å². The average molecular weight is 335 g/mol. The first-order valence-corrected chi connectivity index (χ1v) is 9.23. The number of nitrogens with zero attached hydrogens (tertiary/aromatic N) is 1. The monoisotopic (exact) mass is 334 g/mol. The summed E-state index contributed by atoms with van der Waals surface area (Å²) in [7, 11) is 0. The molecule has 0 aromatic heterocycles. The average Bonchev–Trinajstić information content (AvgIpc) is 2.84. The molecule has 3 heteroatoms. The lowest BCUT2D eigenvalue weighted by Gasteiger charge is -2.22. The van der Waals surface area contributed by atoms with Crippen molar-refractivity contribution < 1.29 is 0 Å². The number of nitrogens with one attached hydrogen (secondary N) is 1. The molecule has 23 heavy (non-hydrogen) atoms. The molecule has 2 fully saturated rings. The van der Waals surface area contributed by atoms with Gasteiger partial charge in [0.05, 0.1) is 11.9 Å². The Labute approximate surface area is 147 Å². The van der Waals surface area contributed by atoms with Gasteiger partial charge in [0, 0.05) is 13.0 Å². The Morgan fingerprint density at radius 2 is 1.65 bits per heavy atom. The van der Waals surface area contributed by atoms with Crippen LogP contribution in [0.15, 0.2) is 29.3 Å². The molecule has 128 valence electrons. The number of amidine groups is 1. The van der Waals surface area contributed by atoms with Gasteiger partial charge in [-0.25, -0.2) is 0 Å². The molecule has 1 aromatic carbocycles. The predicted molar refractivity (Wildman–Crippen MR) is 102 cm³/mol. The fraction of sp³-hybridized carbons (Fsp3) is 0.650. The van der Waals surface area contributed by atoms with Crippen molar-refractivity contribution in [3.63, 3.8) is 0 Å². The maximum absolute atomic E-state index is 4.91. The Kier molecular flexibility index (Phi) is 7.42. The molecule has 1 saturated carbocycles. The maximum Gasteiger partial charge on any atom is 0.0970 e. The molecule has 1 N–H and O–H groups in total. The van der Waals surface area contributed by atoms with E-state index in [2.05, 4.69) is 36.5 Å². The second kappa shape index (κ2) is 9.32. The summed E-state index contributed by atoms with van der Waals surface area (Å²) in [5, 5.41) is 3.50. The molecule has 0 bridgehead atoms. The third-order valence-electron chi connectivity index (χ3n) is 5.26. The minimum atomic E-state index is 0. The number of benzene rings is 1. The summed E-state index contributed by atoms with van der Waals surface area (Å²) in [5.41, 5.74) is 2.88. The van der Waals surface area contributed by atoms with Crippen LogP contribution in [0.5, 0.6) is 0 Å². The molecular formula is C20H31ClN2. The van der Waals surface area contributed by atoms with Gasteiger partial charge in [0.25, 0.3) is 0 Å². The van der Waals surface area contributed by atoms with E-state index in [4.69, 9.17) is 4.99 Å². The molecule has 1 aromatic rings. The zero-order chi connectivity index (χ0) is 15.2. The summed E-state index contributed by atoms with van der Waals surface area (Å²) in [5.74, 6) is 2.01. The van der Waals surface area contributed by atoms with Crippen LogP contribution in [-0.2, 0) is 0 Å². The van der Waals surface area contributed by atoms with Crippen LogP contribution in [0.2, 0.25) is 0 Å². The van der Waals surface area contributed by atoms with Crippen LogP contribution < -0.4 is 5.32 Å². The fourth-order valence-corrected chi connectivity index (χ4v) is 3.82. The second-order valence-electron chi connectivity index (χ2n) is 6.99. The van der Waals surface area contributed by atoms with Crippen LogP contribution in [0.25, 0.3) is 0 Å². The summed E-state index contributed by atoms with van der Waals surface area (Å²) >= 11 is 0. The molecule has 1 saturated heterocycles. The van der Waals surface area contributed by atoms with E-state index < -0.39 is 0 Å². The molecule has 2 nitrogen and oxygen atoms in total. The highest BCUT2D eigenvalue weighted by Crippen LogP contribution is 2.33. The summed E-state index contributed by atoms with van der Waals surface area (Å²) < 4.78 is 0. The summed E-state index contributed by atoms with van der Waals surface area (Å²) in [6, 6.07) is 9.57. The van der Waals surface area contributed by atoms with Crippen LogP contribution in [0.3, 0.4) is 0 Å². The Bertz CT molecular complexity index is 479. The largest absolute Gasteiger partial charge is 0.374 e. The summed E-state index contributed by atoms with van der Waals surface area (Å²) in [6.07, 6.45) is 12.0. The number of halogens is 1. The van der Waals surface area contributed by atoms with Crippen LogP contribution >= 0.6 is 12.4 Å². The molecule has 1 aliphatic carbocycles. The van der Waals surface area contributed by atoms with Crippen LogP contribution in [0.1, 0.15) is 87.8 Å². The van der Waals surface area contributed by atoms with Crippen molar-refractivity contribution in [1.29, 1.82) is 0 Å². The Morgan fingerprint density at radius 1 is 0.957 bits per heavy atom. The van der Waals surface area contributed by atoms with Crippen molar-refractivity contribution in [2.75, 3.05) is 6.54 Å². The highest BCUT2D eigenvalue weighted by atomic mass is 35.5. The van der Waals surface area contributed by atoms with Crippen molar-refractivity contribution in [2.24, 2.45) is 4.99 Å². The van der Waals surface area contributed by atoms with Crippen LogP contribution in [-0.4, -0.2) is 12.4 Å². The zero-order valence-electron chi connectivity index (χ0n) is 14.4. The smallest absolute Gasteiger partial charge is 0.0970 e. The molecule has 0 radical (unpaired) electrons. The second-order valence-corrected chi connectivity index (χ2v) is 6.99. The third-order valence-corrected chi connectivity index (χ3v) is 5.26. The van der Waals surface area contributed by atoms with Crippen molar-refractivity contribution in [2.45, 2.75) is 76.7 Å². The first-order valence-electron chi connectivity index (χ1n) is 9.23. The Hall–Kier alpha value is -1.02. The molecule has 3 rings (SSSR count). The topological polar surface area (TPSA) is 24.4 Å². The Balaban J connectivity index is 0.00000192. The molecule has 2 aliphatic rings. The summed E-state index contributed by atoms with van der Waals surface area (Å²) in [6.45, 7) is 3.31. The molecule has 0 spiro atoms. The maximum atomic E-state index is 4.91. The van der Waals surface area contributed by atoms with Gasteiger partial charge in [-0.05, 0) is 49.7 Å². The molecule has 1 aliphatic heterocycles. The van der Waals surface area contributed by atoms with E-state index in [1.54, 1.807) is 0 Å². The summed E-state index contributed by atoms with van der Waals surface area (Å²) in [4.78, 5) is 4.91. The molecule has 1 atom stereocenters. The molecule has 1 unspecified atom stereocenters. The van der Waals surface area contributed by atoms with Gasteiger partial charge in [0.2, 0.25) is 0 Å². The number of hydrogen-bond acceptors (Lipinski definition) is 1. The number of rotatable bonds is 3. The quantitative estimate of drug-likeness (QED) is 0.744. The Morgan fingerprint density at radius 3 is 2.39 bits per heavy atom. The van der Waals surface area contributed by atoms with Crippen LogP contribution in [0.4, 0.5) is 0 Å². The highest BCUT2D eigenvalue weighted by molar-refractivity contribution is 5.85. The van der Waals surface area contributed by atoms with Crippen molar-refractivity contribution in [1.82, 2.24) is 5.32 Å². The first kappa shape index (κ1) is 18.3. The minimum Gasteiger partial charge on any atom is -0.374 e. The lowest BCUT2D eigenvalue weighted by Crippen LogP contribution is -2.22. The van der Waals surface area contributed by atoms with Crippen molar-refractivity contribution in [3.8, 4) is 0 Å². The first-order chi connectivity index (χ1) is 10.8. The van der Waals surface area contributed by atoms with Crippen molar-refractivity contribution in [3.05, 3.63) is 35.4 Å². The number of hydrogen-bond donors (Lipinski definition) is 1. The third kappa shape index (κ3) is 5.24. The van der Waals surface area contributed by atoms with Gasteiger partial charge in [0.1, 0.15) is 0 Å². The van der Waals surface area contributed by atoms with Gasteiger partial charge >= 0.3 is 0 Å². The standard InChI is InChI=1S/C20H30N2.ClH/c1-16(22-20-10-6-3-7-15-21-20)17-11-13-19(14-12-17)18-8-4-2-5-9-18;/h11-14,16,18H,2-10,15H2,1H3,(H,21,22);1H. The fourth-order valence-electron chi connectivity index (χ4n) is 3.82. The van der Waals surface area contributed by atoms with Crippen LogP contribution in [0, 0.1) is 0 Å². The van der Waals surface area contributed by atoms with E-state index >= 15 is 0 Å². The predicted octanol–water partition coefficient (Wildman–Crippen LogP) is 5.78. The SMILES string of the molecule is CC(/N=C1\CCCCCN1)c1ccc(C2CCCCC2)cc1.Cl.